The Bertz CT molecular complexity index is 945. The van der Waals surface area contributed by atoms with Crippen LogP contribution in [0.1, 0.15) is 18.9 Å². The second-order valence-electron chi connectivity index (χ2n) is 6.97. The van der Waals surface area contributed by atoms with Crippen molar-refractivity contribution in [2.24, 2.45) is 0 Å². The highest BCUT2D eigenvalue weighted by atomic mass is 35.5. The molecule has 1 aliphatic rings. The van der Waals surface area contributed by atoms with Crippen LogP contribution in [0.4, 0.5) is 15.8 Å². The summed E-state index contributed by atoms with van der Waals surface area (Å²) in [5.74, 6) is 0.188. The first kappa shape index (κ1) is 22.9. The van der Waals surface area contributed by atoms with Gasteiger partial charge in [-0.05, 0) is 48.4 Å². The molecule has 166 valence electrons. The normalized spacial score (nSPS) is 14.0. The van der Waals surface area contributed by atoms with Gasteiger partial charge in [0.2, 0.25) is 5.91 Å². The molecule has 1 N–H and O–H groups in total. The first-order valence-electron chi connectivity index (χ1n) is 10.1. The molecular weight excluding hydrogens is 423 g/mol. The third kappa shape index (κ3) is 6.12. The van der Waals surface area contributed by atoms with Crippen LogP contribution in [-0.4, -0.2) is 45.9 Å². The van der Waals surface area contributed by atoms with Gasteiger partial charge in [0.15, 0.2) is 11.5 Å². The number of benzene rings is 2. The first-order valence-corrected chi connectivity index (χ1v) is 10.5. The van der Waals surface area contributed by atoms with Crippen LogP contribution in [0.5, 0.6) is 11.5 Å². The van der Waals surface area contributed by atoms with E-state index in [4.69, 9.17) is 25.8 Å². The number of hydrogen-bond donors (Lipinski definition) is 1. The maximum absolute atomic E-state index is 14.5. The highest BCUT2D eigenvalue weighted by molar-refractivity contribution is 6.32. The molecule has 0 radical (unpaired) electrons. The van der Waals surface area contributed by atoms with Crippen LogP contribution >= 0.6 is 11.6 Å². The van der Waals surface area contributed by atoms with Crippen molar-refractivity contribution >= 4 is 35.0 Å². The summed E-state index contributed by atoms with van der Waals surface area (Å²) >= 11 is 6.30. The van der Waals surface area contributed by atoms with E-state index in [-0.39, 0.29) is 11.7 Å². The smallest absolute Gasteiger partial charge is 0.248 e. The average molecular weight is 449 g/mol. The maximum atomic E-state index is 14.5. The van der Waals surface area contributed by atoms with E-state index >= 15 is 0 Å². The SMILES string of the molecule is CCCOc1c(Cl)cc(/C=C/C(=O)Nc2ccc(N3CCOCC3)c(F)c2)cc1OC. The van der Waals surface area contributed by atoms with Gasteiger partial charge in [-0.3, -0.25) is 4.79 Å². The van der Waals surface area contributed by atoms with E-state index in [0.29, 0.717) is 66.4 Å². The molecule has 1 fully saturated rings. The van der Waals surface area contributed by atoms with Crippen molar-refractivity contribution < 1.29 is 23.4 Å². The minimum Gasteiger partial charge on any atom is -0.493 e. The zero-order valence-electron chi connectivity index (χ0n) is 17.6. The average Bonchev–Trinajstić information content (AvgIpc) is 2.77. The number of morpholine rings is 1. The number of rotatable bonds is 8. The molecule has 1 aliphatic heterocycles. The molecule has 0 bridgehead atoms. The predicted octanol–water partition coefficient (Wildman–Crippen LogP) is 4.77. The third-order valence-electron chi connectivity index (χ3n) is 4.70. The van der Waals surface area contributed by atoms with Crippen LogP contribution in [0.25, 0.3) is 6.08 Å². The zero-order valence-corrected chi connectivity index (χ0v) is 18.4. The number of hydrogen-bond acceptors (Lipinski definition) is 5. The molecule has 0 aromatic heterocycles. The number of halogens is 2. The number of ether oxygens (including phenoxy) is 3. The van der Waals surface area contributed by atoms with Crippen molar-refractivity contribution in [3.63, 3.8) is 0 Å². The molecule has 1 heterocycles. The molecule has 2 aromatic carbocycles. The van der Waals surface area contributed by atoms with Crippen LogP contribution < -0.4 is 19.7 Å². The van der Waals surface area contributed by atoms with Crippen LogP contribution in [0.2, 0.25) is 5.02 Å². The Hall–Kier alpha value is -2.77. The molecule has 0 atom stereocenters. The summed E-state index contributed by atoms with van der Waals surface area (Å²) in [7, 11) is 1.53. The monoisotopic (exact) mass is 448 g/mol. The van der Waals surface area contributed by atoms with Crippen LogP contribution in [0.3, 0.4) is 0 Å². The molecule has 8 heteroatoms. The van der Waals surface area contributed by atoms with Gasteiger partial charge in [-0.2, -0.15) is 0 Å². The van der Waals surface area contributed by atoms with Crippen molar-refractivity contribution in [3.05, 3.63) is 52.8 Å². The van der Waals surface area contributed by atoms with E-state index in [1.165, 1.54) is 19.3 Å². The van der Waals surface area contributed by atoms with E-state index in [1.807, 2.05) is 11.8 Å². The summed E-state index contributed by atoms with van der Waals surface area (Å²) in [4.78, 5) is 14.2. The number of carbonyl (C=O) groups is 1. The number of methoxy groups -OCH3 is 1. The predicted molar refractivity (Wildman–Crippen MR) is 121 cm³/mol. The topological polar surface area (TPSA) is 60.0 Å². The summed E-state index contributed by atoms with van der Waals surface area (Å²) in [6, 6.07) is 8.09. The van der Waals surface area contributed by atoms with Crippen molar-refractivity contribution in [2.45, 2.75) is 13.3 Å². The van der Waals surface area contributed by atoms with Crippen molar-refractivity contribution in [3.8, 4) is 11.5 Å². The lowest BCUT2D eigenvalue weighted by Crippen LogP contribution is -2.36. The Morgan fingerprint density at radius 1 is 1.29 bits per heavy atom. The second-order valence-corrected chi connectivity index (χ2v) is 7.38. The lowest BCUT2D eigenvalue weighted by Gasteiger charge is -2.29. The molecule has 0 saturated carbocycles. The highest BCUT2D eigenvalue weighted by Gasteiger charge is 2.16. The van der Waals surface area contributed by atoms with Gasteiger partial charge < -0.3 is 24.4 Å². The maximum Gasteiger partial charge on any atom is 0.248 e. The fourth-order valence-corrected chi connectivity index (χ4v) is 3.46. The standard InChI is InChI=1S/C23H26ClFN2O4/c1-3-10-31-23-18(24)13-16(14-21(23)29-2)4-7-22(28)26-17-5-6-20(19(25)15-17)27-8-11-30-12-9-27/h4-7,13-15H,3,8-12H2,1-2H3,(H,26,28)/b7-4+. The molecular formula is C23H26ClFN2O4. The molecule has 0 unspecified atom stereocenters. The van der Waals surface area contributed by atoms with Gasteiger partial charge in [0.25, 0.3) is 0 Å². The van der Waals surface area contributed by atoms with E-state index in [9.17, 15) is 9.18 Å². The zero-order chi connectivity index (χ0) is 22.2. The van der Waals surface area contributed by atoms with Crippen molar-refractivity contribution in [1.29, 1.82) is 0 Å². The van der Waals surface area contributed by atoms with E-state index in [2.05, 4.69) is 5.32 Å². The Kier molecular flexibility index (Phi) is 8.14. The van der Waals surface area contributed by atoms with Crippen LogP contribution in [0.15, 0.2) is 36.4 Å². The summed E-state index contributed by atoms with van der Waals surface area (Å²) in [6.07, 6.45) is 3.80. The number of nitrogens with zero attached hydrogens (tertiary/aromatic N) is 1. The Morgan fingerprint density at radius 2 is 2.06 bits per heavy atom. The minimum absolute atomic E-state index is 0.378. The van der Waals surface area contributed by atoms with E-state index in [1.54, 1.807) is 30.3 Å². The number of nitrogens with one attached hydrogen (secondary N) is 1. The first-order chi connectivity index (χ1) is 15.0. The molecule has 1 saturated heterocycles. The van der Waals surface area contributed by atoms with Crippen LogP contribution in [-0.2, 0) is 9.53 Å². The number of carbonyl (C=O) groups excluding carboxylic acids is 1. The third-order valence-corrected chi connectivity index (χ3v) is 4.98. The summed E-state index contributed by atoms with van der Waals surface area (Å²) in [5, 5.41) is 3.06. The second kappa shape index (κ2) is 11.0. The molecule has 0 spiro atoms. The number of amides is 1. The molecule has 3 rings (SSSR count). The van der Waals surface area contributed by atoms with Crippen molar-refractivity contribution in [2.75, 3.05) is 50.2 Å². The summed E-state index contributed by atoms with van der Waals surface area (Å²) in [6.45, 7) is 4.94. The fraction of sp³-hybridized carbons (Fsp3) is 0.348. The number of anilines is 2. The lowest BCUT2D eigenvalue weighted by molar-refractivity contribution is -0.111. The Labute approximate surface area is 186 Å². The molecule has 31 heavy (non-hydrogen) atoms. The van der Waals surface area contributed by atoms with Crippen molar-refractivity contribution in [1.82, 2.24) is 0 Å². The van der Waals surface area contributed by atoms with E-state index in [0.717, 1.165) is 6.42 Å². The lowest BCUT2D eigenvalue weighted by atomic mass is 10.1. The van der Waals surface area contributed by atoms with Gasteiger partial charge in [0.05, 0.1) is 37.6 Å². The van der Waals surface area contributed by atoms with Gasteiger partial charge in [-0.15, -0.1) is 0 Å². The minimum atomic E-state index is -0.389. The molecule has 0 aliphatic carbocycles. The summed E-state index contributed by atoms with van der Waals surface area (Å²) in [5.41, 5.74) is 1.56. The van der Waals surface area contributed by atoms with Gasteiger partial charge in [-0.1, -0.05) is 18.5 Å². The molecule has 2 aromatic rings. The summed E-state index contributed by atoms with van der Waals surface area (Å²) < 4.78 is 30.8. The fourth-order valence-electron chi connectivity index (χ4n) is 3.18. The van der Waals surface area contributed by atoms with Crippen LogP contribution in [0, 0.1) is 5.82 Å². The largest absolute Gasteiger partial charge is 0.493 e. The highest BCUT2D eigenvalue weighted by Crippen LogP contribution is 2.37. The van der Waals surface area contributed by atoms with E-state index < -0.39 is 0 Å². The molecule has 1 amide bonds. The quantitative estimate of drug-likeness (QED) is 0.590. The Morgan fingerprint density at radius 3 is 2.74 bits per heavy atom. The van der Waals surface area contributed by atoms with Gasteiger partial charge in [0, 0.05) is 24.9 Å². The molecule has 6 nitrogen and oxygen atoms in total. The van der Waals surface area contributed by atoms with Gasteiger partial charge in [0.1, 0.15) is 5.82 Å². The van der Waals surface area contributed by atoms with Gasteiger partial charge in [-0.25, -0.2) is 4.39 Å². The van der Waals surface area contributed by atoms with Gasteiger partial charge >= 0.3 is 0 Å². The Balaban J connectivity index is 1.66.